The van der Waals surface area contributed by atoms with Gasteiger partial charge < -0.3 is 9.47 Å². The quantitative estimate of drug-likeness (QED) is 0.260. The minimum Gasteiger partial charge on any atom is -0.353 e. The number of ether oxygens (including phenoxy) is 2. The van der Waals surface area contributed by atoms with Gasteiger partial charge in [-0.2, -0.15) is 0 Å². The van der Waals surface area contributed by atoms with Gasteiger partial charge in [-0.15, -0.1) is 6.58 Å². The maximum Gasteiger partial charge on any atom is 0.154 e. The first-order chi connectivity index (χ1) is 7.02. The third-order valence-corrected chi connectivity index (χ3v) is 5.55. The molecule has 0 radical (unpaired) electrons. The smallest absolute Gasteiger partial charge is 0.154 e. The summed E-state index contributed by atoms with van der Waals surface area (Å²) in [4.78, 5) is 0. The highest BCUT2D eigenvalue weighted by Crippen LogP contribution is 2.17. The largest absolute Gasteiger partial charge is 0.353 e. The third-order valence-electron chi connectivity index (χ3n) is 2.45. The molecule has 90 valence electrons. The zero-order valence-electron chi connectivity index (χ0n) is 10.7. The molecule has 0 amide bonds. The van der Waals surface area contributed by atoms with Crippen LogP contribution in [-0.2, 0) is 9.47 Å². The molecule has 0 rings (SSSR count). The number of hydrogen-bond donors (Lipinski definition) is 0. The molecular weight excluding hydrogens is 204 g/mol. The second-order valence-corrected chi connectivity index (χ2v) is 9.89. The predicted molar refractivity (Wildman–Crippen MR) is 69.0 cm³/mol. The van der Waals surface area contributed by atoms with Gasteiger partial charge in [0.2, 0.25) is 0 Å². The van der Waals surface area contributed by atoms with Crippen molar-refractivity contribution >= 4 is 8.07 Å². The van der Waals surface area contributed by atoms with E-state index < -0.39 is 8.07 Å². The first kappa shape index (κ1) is 14.9. The summed E-state index contributed by atoms with van der Waals surface area (Å²) in [7, 11) is -1.03. The van der Waals surface area contributed by atoms with E-state index in [4.69, 9.17) is 9.47 Å². The standard InChI is InChI=1S/C12H26O2Si/c1-6-10-15(4,5)11-8-9-14-12(3)13-7-2/h6,12H,1,7-11H2,2-5H3. The number of allylic oxidation sites excluding steroid dienone is 1. The van der Waals surface area contributed by atoms with Crippen LogP contribution in [0.5, 0.6) is 0 Å². The van der Waals surface area contributed by atoms with Crippen molar-refractivity contribution in [1.82, 2.24) is 0 Å². The Labute approximate surface area is 95.7 Å². The maximum absolute atomic E-state index is 5.53. The van der Waals surface area contributed by atoms with Crippen LogP contribution in [-0.4, -0.2) is 27.6 Å². The van der Waals surface area contributed by atoms with E-state index >= 15 is 0 Å². The van der Waals surface area contributed by atoms with E-state index in [0.29, 0.717) is 0 Å². The fourth-order valence-corrected chi connectivity index (χ4v) is 3.66. The van der Waals surface area contributed by atoms with Crippen LogP contribution in [0.2, 0.25) is 25.2 Å². The first-order valence-electron chi connectivity index (χ1n) is 5.86. The average molecular weight is 230 g/mol. The molecule has 3 heteroatoms. The van der Waals surface area contributed by atoms with Crippen LogP contribution in [0.4, 0.5) is 0 Å². The highest BCUT2D eigenvalue weighted by molar-refractivity contribution is 6.77. The highest BCUT2D eigenvalue weighted by atomic mass is 28.3. The SMILES string of the molecule is C=CC[Si](C)(C)CCCOC(C)OCC. The van der Waals surface area contributed by atoms with E-state index in [1.54, 1.807) is 0 Å². The minimum atomic E-state index is -1.03. The average Bonchev–Trinajstić information content (AvgIpc) is 2.13. The topological polar surface area (TPSA) is 18.5 Å². The summed E-state index contributed by atoms with van der Waals surface area (Å²) in [6.45, 7) is 14.1. The molecule has 0 heterocycles. The highest BCUT2D eigenvalue weighted by Gasteiger charge is 2.17. The molecule has 0 aliphatic rings. The second kappa shape index (κ2) is 8.08. The third kappa shape index (κ3) is 8.84. The van der Waals surface area contributed by atoms with Gasteiger partial charge in [-0.05, 0) is 26.3 Å². The molecule has 0 aromatic heterocycles. The van der Waals surface area contributed by atoms with Crippen LogP contribution in [0.1, 0.15) is 20.3 Å². The van der Waals surface area contributed by atoms with Gasteiger partial charge in [-0.25, -0.2) is 0 Å². The van der Waals surface area contributed by atoms with Crippen molar-refractivity contribution in [2.24, 2.45) is 0 Å². The molecule has 0 spiro atoms. The zero-order valence-corrected chi connectivity index (χ0v) is 11.7. The molecule has 2 nitrogen and oxygen atoms in total. The molecule has 15 heavy (non-hydrogen) atoms. The summed E-state index contributed by atoms with van der Waals surface area (Å²) in [5, 5.41) is 0. The lowest BCUT2D eigenvalue weighted by atomic mass is 10.5. The van der Waals surface area contributed by atoms with Gasteiger partial charge in [0.1, 0.15) is 0 Å². The Morgan fingerprint density at radius 1 is 1.33 bits per heavy atom. The van der Waals surface area contributed by atoms with E-state index in [1.807, 2.05) is 13.8 Å². The Morgan fingerprint density at radius 2 is 2.00 bits per heavy atom. The van der Waals surface area contributed by atoms with Gasteiger partial charge in [0.05, 0.1) is 8.07 Å². The van der Waals surface area contributed by atoms with Crippen LogP contribution in [0, 0.1) is 0 Å². The molecule has 0 saturated carbocycles. The van der Waals surface area contributed by atoms with Crippen molar-refractivity contribution in [2.75, 3.05) is 13.2 Å². The lowest BCUT2D eigenvalue weighted by Crippen LogP contribution is -2.24. The molecule has 0 bridgehead atoms. The molecule has 0 fully saturated rings. The van der Waals surface area contributed by atoms with Crippen LogP contribution in [0.3, 0.4) is 0 Å². The monoisotopic (exact) mass is 230 g/mol. The van der Waals surface area contributed by atoms with Gasteiger partial charge in [0.25, 0.3) is 0 Å². The lowest BCUT2D eigenvalue weighted by Gasteiger charge is -2.20. The zero-order chi connectivity index (χ0) is 11.7. The molecule has 0 aromatic rings. The molecule has 0 N–H and O–H groups in total. The van der Waals surface area contributed by atoms with Gasteiger partial charge in [0, 0.05) is 13.2 Å². The lowest BCUT2D eigenvalue weighted by molar-refractivity contribution is -0.126. The number of hydrogen-bond acceptors (Lipinski definition) is 2. The van der Waals surface area contributed by atoms with Gasteiger partial charge >= 0.3 is 0 Å². The summed E-state index contributed by atoms with van der Waals surface area (Å²) in [5.74, 6) is 0. The normalized spacial score (nSPS) is 13.9. The van der Waals surface area contributed by atoms with Crippen molar-refractivity contribution in [3.8, 4) is 0 Å². The van der Waals surface area contributed by atoms with Crippen molar-refractivity contribution in [1.29, 1.82) is 0 Å². The molecule has 0 saturated heterocycles. The van der Waals surface area contributed by atoms with Crippen LogP contribution < -0.4 is 0 Å². The van der Waals surface area contributed by atoms with Gasteiger partial charge in [0.15, 0.2) is 6.29 Å². The minimum absolute atomic E-state index is 0.0563. The van der Waals surface area contributed by atoms with E-state index in [-0.39, 0.29) is 6.29 Å². The Bertz CT molecular complexity index is 169. The summed E-state index contributed by atoms with van der Waals surface area (Å²) in [6.07, 6.45) is 3.14. The second-order valence-electron chi connectivity index (χ2n) is 4.65. The number of rotatable bonds is 9. The Balaban J connectivity index is 3.48. The molecule has 0 aromatic carbocycles. The summed E-state index contributed by atoms with van der Waals surface area (Å²) >= 11 is 0. The molecule has 0 aliphatic carbocycles. The van der Waals surface area contributed by atoms with Gasteiger partial charge in [-0.1, -0.05) is 25.2 Å². The van der Waals surface area contributed by atoms with E-state index in [0.717, 1.165) is 19.6 Å². The first-order valence-corrected chi connectivity index (χ1v) is 9.27. The molecule has 0 aliphatic heterocycles. The summed E-state index contributed by atoms with van der Waals surface area (Å²) in [6, 6.07) is 2.51. The molecule has 1 unspecified atom stereocenters. The predicted octanol–water partition coefficient (Wildman–Crippen LogP) is 3.67. The van der Waals surface area contributed by atoms with Crippen LogP contribution >= 0.6 is 0 Å². The molecule has 1 atom stereocenters. The van der Waals surface area contributed by atoms with Crippen molar-refractivity contribution in [3.05, 3.63) is 12.7 Å². The van der Waals surface area contributed by atoms with E-state index in [2.05, 4.69) is 25.7 Å². The summed E-state index contributed by atoms with van der Waals surface area (Å²) < 4.78 is 10.8. The van der Waals surface area contributed by atoms with Crippen molar-refractivity contribution in [2.45, 2.75) is 51.7 Å². The fraction of sp³-hybridized carbons (Fsp3) is 0.833. The Morgan fingerprint density at radius 3 is 2.53 bits per heavy atom. The Hall–Kier alpha value is -0.123. The van der Waals surface area contributed by atoms with Crippen molar-refractivity contribution in [3.63, 3.8) is 0 Å². The summed E-state index contributed by atoms with van der Waals surface area (Å²) in [5.41, 5.74) is 0. The molecular formula is C12H26O2Si. The van der Waals surface area contributed by atoms with Crippen LogP contribution in [0.25, 0.3) is 0 Å². The fourth-order valence-electron chi connectivity index (χ4n) is 1.58. The van der Waals surface area contributed by atoms with Gasteiger partial charge in [-0.3, -0.25) is 0 Å². The Kier molecular flexibility index (Phi) is 8.01. The van der Waals surface area contributed by atoms with E-state index in [1.165, 1.54) is 12.1 Å². The maximum atomic E-state index is 5.53. The van der Waals surface area contributed by atoms with Crippen molar-refractivity contribution < 1.29 is 9.47 Å². The van der Waals surface area contributed by atoms with Crippen LogP contribution in [0.15, 0.2) is 12.7 Å². The van der Waals surface area contributed by atoms with E-state index in [9.17, 15) is 0 Å².